The molecule has 2 aromatic rings. The van der Waals surface area contributed by atoms with Gasteiger partial charge in [-0.15, -0.1) is 0 Å². The van der Waals surface area contributed by atoms with Crippen LogP contribution in [0.15, 0.2) is 36.4 Å². The van der Waals surface area contributed by atoms with Crippen LogP contribution in [0.4, 0.5) is 0 Å². The zero-order valence-corrected chi connectivity index (χ0v) is 12.8. The number of carbonyl (C=O) groups excluding carboxylic acids is 2. The molecule has 0 aliphatic heterocycles. The summed E-state index contributed by atoms with van der Waals surface area (Å²) in [6, 6.07) is 9.59. The maximum Gasteiger partial charge on any atom is 0.256 e. The number of hydrogen-bond acceptors (Lipinski definition) is 5. The van der Waals surface area contributed by atoms with Crippen molar-refractivity contribution in [2.75, 3.05) is 14.2 Å². The normalized spacial score (nSPS) is 10.0. The molecule has 2 rings (SSSR count). The summed E-state index contributed by atoms with van der Waals surface area (Å²) in [6.07, 6.45) is 0.533. The zero-order valence-electron chi connectivity index (χ0n) is 12.8. The summed E-state index contributed by atoms with van der Waals surface area (Å²) in [5, 5.41) is 12.4. The molecule has 0 fully saturated rings. The average Bonchev–Trinajstić information content (AvgIpc) is 2.58. The Hall–Kier alpha value is -3.02. The molecule has 23 heavy (non-hydrogen) atoms. The Balaban J connectivity index is 2.15. The molecule has 0 spiro atoms. The van der Waals surface area contributed by atoms with Gasteiger partial charge in [0.05, 0.1) is 19.8 Å². The van der Waals surface area contributed by atoms with Gasteiger partial charge in [-0.25, -0.2) is 0 Å². The molecule has 0 heterocycles. The lowest BCUT2D eigenvalue weighted by Gasteiger charge is -2.11. The second kappa shape index (κ2) is 7.31. The van der Waals surface area contributed by atoms with Gasteiger partial charge in [-0.1, -0.05) is 18.2 Å². The fraction of sp³-hybridized carbons (Fsp3) is 0.176. The molecule has 1 amide bonds. The summed E-state index contributed by atoms with van der Waals surface area (Å²) < 4.78 is 10.3. The summed E-state index contributed by atoms with van der Waals surface area (Å²) in [7, 11) is 3.07. The molecular weight excluding hydrogens is 298 g/mol. The van der Waals surface area contributed by atoms with E-state index in [1.165, 1.54) is 25.3 Å². The molecule has 0 atom stereocenters. The van der Waals surface area contributed by atoms with E-state index in [-0.39, 0.29) is 23.4 Å². The summed E-state index contributed by atoms with van der Waals surface area (Å²) in [5.74, 6) is 0.376. The second-order valence-electron chi connectivity index (χ2n) is 4.73. The Kier molecular flexibility index (Phi) is 5.19. The maximum absolute atomic E-state index is 12.2. The Labute approximate surface area is 133 Å². The molecule has 120 valence electrons. The standard InChI is InChI=1S/C17H17NO5/c1-22-14-7-6-11(8-15(14)23-2)9-18-17(21)16-12(10-19)4-3-5-13(16)20/h3-8,10,20H,9H2,1-2H3,(H,18,21). The van der Waals surface area contributed by atoms with Gasteiger partial charge in [-0.2, -0.15) is 0 Å². The van der Waals surface area contributed by atoms with Gasteiger partial charge in [0.25, 0.3) is 5.91 Å². The smallest absolute Gasteiger partial charge is 0.256 e. The van der Waals surface area contributed by atoms with Crippen LogP contribution in [-0.2, 0) is 6.54 Å². The number of hydrogen-bond donors (Lipinski definition) is 2. The van der Waals surface area contributed by atoms with E-state index in [1.54, 1.807) is 25.3 Å². The lowest BCUT2D eigenvalue weighted by Crippen LogP contribution is -2.24. The predicted octanol–water partition coefficient (Wildman–Crippen LogP) is 2.15. The highest BCUT2D eigenvalue weighted by Gasteiger charge is 2.15. The monoisotopic (exact) mass is 315 g/mol. The lowest BCUT2D eigenvalue weighted by molar-refractivity contribution is 0.0942. The van der Waals surface area contributed by atoms with Crippen molar-refractivity contribution in [3.63, 3.8) is 0 Å². The van der Waals surface area contributed by atoms with Crippen molar-refractivity contribution in [2.45, 2.75) is 6.54 Å². The molecule has 0 saturated heterocycles. The van der Waals surface area contributed by atoms with Crippen LogP contribution in [0.1, 0.15) is 26.3 Å². The van der Waals surface area contributed by atoms with Gasteiger partial charge in [0.2, 0.25) is 0 Å². The van der Waals surface area contributed by atoms with E-state index in [0.29, 0.717) is 17.8 Å². The number of phenols is 1. The second-order valence-corrected chi connectivity index (χ2v) is 4.73. The van der Waals surface area contributed by atoms with Crippen LogP contribution in [0.25, 0.3) is 0 Å². The van der Waals surface area contributed by atoms with E-state index in [2.05, 4.69) is 5.32 Å². The number of nitrogens with one attached hydrogen (secondary N) is 1. The van der Waals surface area contributed by atoms with Crippen LogP contribution < -0.4 is 14.8 Å². The number of methoxy groups -OCH3 is 2. The minimum atomic E-state index is -0.528. The van der Waals surface area contributed by atoms with Crippen molar-refractivity contribution in [1.29, 1.82) is 0 Å². The molecule has 0 bridgehead atoms. The van der Waals surface area contributed by atoms with Gasteiger partial charge in [-0.3, -0.25) is 9.59 Å². The van der Waals surface area contributed by atoms with Crippen LogP contribution in [0.5, 0.6) is 17.2 Å². The largest absolute Gasteiger partial charge is 0.507 e. The first-order valence-electron chi connectivity index (χ1n) is 6.87. The highest BCUT2D eigenvalue weighted by molar-refractivity contribution is 6.03. The predicted molar refractivity (Wildman–Crippen MR) is 84.2 cm³/mol. The first-order chi connectivity index (χ1) is 11.1. The fourth-order valence-corrected chi connectivity index (χ4v) is 2.16. The zero-order chi connectivity index (χ0) is 16.8. The van der Waals surface area contributed by atoms with Gasteiger partial charge in [-0.05, 0) is 23.8 Å². The topological polar surface area (TPSA) is 84.9 Å². The molecule has 0 aliphatic carbocycles. The Morgan fingerprint density at radius 2 is 1.91 bits per heavy atom. The highest BCUT2D eigenvalue weighted by atomic mass is 16.5. The van der Waals surface area contributed by atoms with E-state index < -0.39 is 5.91 Å². The van der Waals surface area contributed by atoms with E-state index >= 15 is 0 Å². The molecule has 6 nitrogen and oxygen atoms in total. The minimum Gasteiger partial charge on any atom is -0.507 e. The molecular formula is C17H17NO5. The van der Waals surface area contributed by atoms with Crippen molar-refractivity contribution < 1.29 is 24.2 Å². The Morgan fingerprint density at radius 1 is 1.17 bits per heavy atom. The summed E-state index contributed by atoms with van der Waals surface area (Å²) in [5.41, 5.74) is 0.886. The molecule has 0 unspecified atom stereocenters. The molecule has 2 N–H and O–H groups in total. The van der Waals surface area contributed by atoms with Crippen LogP contribution in [-0.4, -0.2) is 31.5 Å². The van der Waals surface area contributed by atoms with Crippen LogP contribution in [0.2, 0.25) is 0 Å². The van der Waals surface area contributed by atoms with Crippen molar-refractivity contribution in [1.82, 2.24) is 5.32 Å². The summed E-state index contributed by atoms with van der Waals surface area (Å²) >= 11 is 0. The lowest BCUT2D eigenvalue weighted by atomic mass is 10.1. The van der Waals surface area contributed by atoms with E-state index in [9.17, 15) is 14.7 Å². The molecule has 0 saturated carbocycles. The number of ether oxygens (including phenoxy) is 2. The molecule has 6 heteroatoms. The van der Waals surface area contributed by atoms with Crippen molar-refractivity contribution >= 4 is 12.2 Å². The van der Waals surface area contributed by atoms with Gasteiger partial charge < -0.3 is 19.9 Å². The van der Waals surface area contributed by atoms with E-state index in [0.717, 1.165) is 5.56 Å². The van der Waals surface area contributed by atoms with Crippen molar-refractivity contribution in [3.05, 3.63) is 53.1 Å². The number of benzene rings is 2. The number of aromatic hydroxyl groups is 1. The van der Waals surface area contributed by atoms with Gasteiger partial charge in [0, 0.05) is 12.1 Å². The summed E-state index contributed by atoms with van der Waals surface area (Å²) in [6.45, 7) is 0.214. The number of aldehydes is 1. The Bertz CT molecular complexity index is 727. The molecule has 2 aromatic carbocycles. The molecule has 0 radical (unpaired) electrons. The SMILES string of the molecule is COc1ccc(CNC(=O)c2c(O)cccc2C=O)cc1OC. The number of carbonyl (C=O) groups is 2. The van der Waals surface area contributed by atoms with Gasteiger partial charge in [0.15, 0.2) is 17.8 Å². The maximum atomic E-state index is 12.2. The third-order valence-electron chi connectivity index (χ3n) is 3.33. The number of amides is 1. The van der Waals surface area contributed by atoms with Crippen molar-refractivity contribution in [3.8, 4) is 17.2 Å². The third-order valence-corrected chi connectivity index (χ3v) is 3.33. The van der Waals surface area contributed by atoms with Crippen LogP contribution in [0, 0.1) is 0 Å². The quantitative estimate of drug-likeness (QED) is 0.798. The van der Waals surface area contributed by atoms with Gasteiger partial charge >= 0.3 is 0 Å². The number of phenolic OH excluding ortho intramolecular Hbond substituents is 1. The van der Waals surface area contributed by atoms with Crippen LogP contribution >= 0.6 is 0 Å². The highest BCUT2D eigenvalue weighted by Crippen LogP contribution is 2.27. The first-order valence-corrected chi connectivity index (χ1v) is 6.87. The summed E-state index contributed by atoms with van der Waals surface area (Å²) in [4.78, 5) is 23.2. The molecule has 0 aliphatic rings. The van der Waals surface area contributed by atoms with Crippen LogP contribution in [0.3, 0.4) is 0 Å². The average molecular weight is 315 g/mol. The molecule has 0 aromatic heterocycles. The minimum absolute atomic E-state index is 0.0389. The van der Waals surface area contributed by atoms with E-state index in [1.807, 2.05) is 0 Å². The third kappa shape index (κ3) is 3.60. The van der Waals surface area contributed by atoms with Crippen molar-refractivity contribution in [2.24, 2.45) is 0 Å². The fourth-order valence-electron chi connectivity index (χ4n) is 2.16. The van der Waals surface area contributed by atoms with Gasteiger partial charge in [0.1, 0.15) is 5.75 Å². The Morgan fingerprint density at radius 3 is 2.57 bits per heavy atom. The number of rotatable bonds is 6. The first kappa shape index (κ1) is 16.4. The van der Waals surface area contributed by atoms with E-state index in [4.69, 9.17) is 9.47 Å².